The van der Waals surface area contributed by atoms with Crippen LogP contribution in [0.3, 0.4) is 0 Å². The average molecular weight is 164 g/mol. The van der Waals surface area contributed by atoms with Crippen molar-refractivity contribution >= 4 is 6.29 Å². The van der Waals surface area contributed by atoms with E-state index < -0.39 is 24.4 Å². The molecule has 66 valence electrons. The van der Waals surface area contributed by atoms with Crippen LogP contribution in [0, 0.1) is 0 Å². The van der Waals surface area contributed by atoms with E-state index in [2.05, 4.69) is 0 Å². The first kappa shape index (κ1) is 10.5. The molecule has 0 radical (unpaired) electrons. The van der Waals surface area contributed by atoms with Gasteiger partial charge in [0, 0.05) is 0 Å². The van der Waals surface area contributed by atoms with Gasteiger partial charge in [-0.25, -0.2) is 0 Å². The van der Waals surface area contributed by atoms with Gasteiger partial charge in [-0.1, -0.05) is 0 Å². The highest BCUT2D eigenvalue weighted by molar-refractivity contribution is 5.56. The minimum atomic E-state index is -1.65. The lowest BCUT2D eigenvalue weighted by molar-refractivity contribution is -0.132. The predicted molar refractivity (Wildman–Crippen MR) is 35.8 cm³/mol. The smallest absolute Gasteiger partial charge is 0.151 e. The van der Waals surface area contributed by atoms with Crippen LogP contribution in [0.2, 0.25) is 0 Å². The number of carbonyl (C=O) groups excluding carboxylic acids is 1. The standard InChI is InChI=1S/C6H12O5/c1-3(8)5(10)6(11)4(9)2-7/h2-6,8-11H,1H3/t3?,4?,5-,6-/m0/s1. The molecule has 4 atom stereocenters. The van der Waals surface area contributed by atoms with Gasteiger partial charge in [0.15, 0.2) is 6.29 Å². The third-order valence-electron chi connectivity index (χ3n) is 1.33. The van der Waals surface area contributed by atoms with Gasteiger partial charge >= 0.3 is 0 Å². The fourth-order valence-electron chi connectivity index (χ4n) is 0.568. The molecule has 0 spiro atoms. The molecule has 11 heavy (non-hydrogen) atoms. The van der Waals surface area contributed by atoms with E-state index in [0.717, 1.165) is 0 Å². The minimum Gasteiger partial charge on any atom is -0.391 e. The highest BCUT2D eigenvalue weighted by atomic mass is 16.4. The zero-order valence-electron chi connectivity index (χ0n) is 6.08. The number of aldehydes is 1. The van der Waals surface area contributed by atoms with Crippen LogP contribution in [0.5, 0.6) is 0 Å². The van der Waals surface area contributed by atoms with E-state index in [0.29, 0.717) is 0 Å². The summed E-state index contributed by atoms with van der Waals surface area (Å²) in [4.78, 5) is 9.87. The van der Waals surface area contributed by atoms with Gasteiger partial charge in [-0.3, -0.25) is 0 Å². The van der Waals surface area contributed by atoms with Gasteiger partial charge in [0.1, 0.15) is 18.3 Å². The lowest BCUT2D eigenvalue weighted by Gasteiger charge is -2.21. The maximum atomic E-state index is 9.87. The number of aliphatic hydroxyl groups is 4. The number of hydrogen-bond donors (Lipinski definition) is 4. The highest BCUT2D eigenvalue weighted by Crippen LogP contribution is 2.02. The second kappa shape index (κ2) is 4.40. The molecule has 0 aromatic rings. The molecule has 0 aliphatic carbocycles. The molecule has 0 heterocycles. The van der Waals surface area contributed by atoms with Crippen LogP contribution in [0.15, 0.2) is 0 Å². The molecule has 0 fully saturated rings. The van der Waals surface area contributed by atoms with E-state index in [1.807, 2.05) is 0 Å². The molecular weight excluding hydrogens is 152 g/mol. The summed E-state index contributed by atoms with van der Waals surface area (Å²) in [6.07, 6.45) is -5.88. The van der Waals surface area contributed by atoms with E-state index in [-0.39, 0.29) is 6.29 Å². The normalized spacial score (nSPS) is 21.9. The van der Waals surface area contributed by atoms with Crippen LogP contribution >= 0.6 is 0 Å². The monoisotopic (exact) mass is 164 g/mol. The molecular formula is C6H12O5. The quantitative estimate of drug-likeness (QED) is 0.349. The molecule has 5 heteroatoms. The lowest BCUT2D eigenvalue weighted by atomic mass is 10.1. The third-order valence-corrected chi connectivity index (χ3v) is 1.33. The molecule has 0 bridgehead atoms. The van der Waals surface area contributed by atoms with Gasteiger partial charge in [0.05, 0.1) is 6.10 Å². The second-order valence-electron chi connectivity index (χ2n) is 2.35. The second-order valence-corrected chi connectivity index (χ2v) is 2.35. The molecule has 0 rings (SSSR count). The minimum absolute atomic E-state index is 0.0935. The largest absolute Gasteiger partial charge is 0.391 e. The fraction of sp³-hybridized carbons (Fsp3) is 0.833. The molecule has 0 aliphatic heterocycles. The van der Waals surface area contributed by atoms with Gasteiger partial charge in [-0.05, 0) is 6.92 Å². The maximum absolute atomic E-state index is 9.87. The van der Waals surface area contributed by atoms with Crippen molar-refractivity contribution < 1.29 is 25.2 Å². The Morgan fingerprint density at radius 3 is 1.82 bits per heavy atom. The average Bonchev–Trinajstić information content (AvgIpc) is 2.00. The van der Waals surface area contributed by atoms with Crippen LogP contribution in [0.4, 0.5) is 0 Å². The first-order valence-corrected chi connectivity index (χ1v) is 3.18. The Bertz CT molecular complexity index is 124. The Morgan fingerprint density at radius 1 is 1.09 bits per heavy atom. The molecule has 0 amide bonds. The zero-order chi connectivity index (χ0) is 9.02. The molecule has 0 saturated carbocycles. The number of hydrogen-bond acceptors (Lipinski definition) is 5. The number of rotatable bonds is 4. The lowest BCUT2D eigenvalue weighted by Crippen LogP contribution is -2.43. The predicted octanol–water partition coefficient (Wildman–Crippen LogP) is -2.35. The van der Waals surface area contributed by atoms with Gasteiger partial charge in [-0.15, -0.1) is 0 Å². The topological polar surface area (TPSA) is 98.0 Å². The van der Waals surface area contributed by atoms with Crippen LogP contribution in [0.1, 0.15) is 6.92 Å². The summed E-state index contributed by atoms with van der Waals surface area (Å²) in [5.41, 5.74) is 0. The summed E-state index contributed by atoms with van der Waals surface area (Å²) >= 11 is 0. The van der Waals surface area contributed by atoms with Crippen molar-refractivity contribution in [3.8, 4) is 0 Å². The maximum Gasteiger partial charge on any atom is 0.151 e. The Kier molecular flexibility index (Phi) is 4.20. The third kappa shape index (κ3) is 2.94. The van der Waals surface area contributed by atoms with Crippen LogP contribution in [0.25, 0.3) is 0 Å². The van der Waals surface area contributed by atoms with Crippen molar-refractivity contribution in [2.45, 2.75) is 31.3 Å². The van der Waals surface area contributed by atoms with Crippen molar-refractivity contribution in [3.63, 3.8) is 0 Å². The Labute approximate surface area is 63.9 Å². The summed E-state index contributed by atoms with van der Waals surface area (Å²) in [6, 6.07) is 0. The molecule has 4 N–H and O–H groups in total. The fourth-order valence-corrected chi connectivity index (χ4v) is 0.568. The van der Waals surface area contributed by atoms with E-state index in [1.54, 1.807) is 0 Å². The van der Waals surface area contributed by atoms with Crippen LogP contribution < -0.4 is 0 Å². The van der Waals surface area contributed by atoms with Crippen molar-refractivity contribution in [2.24, 2.45) is 0 Å². The Hall–Kier alpha value is -0.490. The van der Waals surface area contributed by atoms with E-state index in [4.69, 9.17) is 20.4 Å². The summed E-state index contributed by atoms with van der Waals surface area (Å²) in [6.45, 7) is 1.24. The summed E-state index contributed by atoms with van der Waals surface area (Å²) < 4.78 is 0. The van der Waals surface area contributed by atoms with Gasteiger partial charge in [-0.2, -0.15) is 0 Å². The molecule has 0 aromatic heterocycles. The van der Waals surface area contributed by atoms with Crippen LogP contribution in [-0.2, 0) is 4.79 Å². The first-order valence-electron chi connectivity index (χ1n) is 3.18. The highest BCUT2D eigenvalue weighted by Gasteiger charge is 2.27. The first-order chi connectivity index (χ1) is 5.00. The SMILES string of the molecule is CC(O)[C@H](O)[C@@H](O)C(O)C=O. The van der Waals surface area contributed by atoms with E-state index >= 15 is 0 Å². The molecule has 2 unspecified atom stereocenters. The van der Waals surface area contributed by atoms with Crippen LogP contribution in [-0.4, -0.2) is 51.1 Å². The number of aliphatic hydroxyl groups excluding tert-OH is 4. The molecule has 5 nitrogen and oxygen atoms in total. The van der Waals surface area contributed by atoms with Gasteiger partial charge in [0.25, 0.3) is 0 Å². The molecule has 0 aromatic carbocycles. The molecule has 0 aliphatic rings. The summed E-state index contributed by atoms with van der Waals surface area (Å²) in [7, 11) is 0. The molecule has 0 saturated heterocycles. The van der Waals surface area contributed by atoms with Gasteiger partial charge in [0.2, 0.25) is 0 Å². The Balaban J connectivity index is 4.00. The van der Waals surface area contributed by atoms with E-state index in [1.165, 1.54) is 6.92 Å². The van der Waals surface area contributed by atoms with Gasteiger partial charge < -0.3 is 25.2 Å². The van der Waals surface area contributed by atoms with Crippen molar-refractivity contribution in [3.05, 3.63) is 0 Å². The van der Waals surface area contributed by atoms with Crippen molar-refractivity contribution in [1.82, 2.24) is 0 Å². The number of carbonyl (C=O) groups is 1. The summed E-state index contributed by atoms with van der Waals surface area (Å²) in [5, 5.41) is 35.1. The summed E-state index contributed by atoms with van der Waals surface area (Å²) in [5.74, 6) is 0. The van der Waals surface area contributed by atoms with Crippen molar-refractivity contribution in [2.75, 3.05) is 0 Å². The van der Waals surface area contributed by atoms with Crippen molar-refractivity contribution in [1.29, 1.82) is 0 Å². The zero-order valence-corrected chi connectivity index (χ0v) is 6.08. The van der Waals surface area contributed by atoms with E-state index in [9.17, 15) is 4.79 Å². The Morgan fingerprint density at radius 2 is 1.55 bits per heavy atom.